The molecule has 4 aromatic carbocycles. The second-order valence-electron chi connectivity index (χ2n) is 9.52. The zero-order chi connectivity index (χ0) is 28.2. The van der Waals surface area contributed by atoms with Crippen molar-refractivity contribution < 1.29 is 19.1 Å². The molecule has 9 heteroatoms. The van der Waals surface area contributed by atoms with Crippen molar-refractivity contribution in [1.29, 1.82) is 0 Å². The summed E-state index contributed by atoms with van der Waals surface area (Å²) in [4.78, 5) is 32.4. The molecule has 41 heavy (non-hydrogen) atoms. The van der Waals surface area contributed by atoms with Crippen LogP contribution < -0.4 is 14.8 Å². The normalized spacial score (nSPS) is 15.0. The summed E-state index contributed by atoms with van der Waals surface area (Å²) in [5.41, 5.74) is 4.64. The summed E-state index contributed by atoms with van der Waals surface area (Å²) in [6, 6.07) is 31.0. The third-order valence-electron chi connectivity index (χ3n) is 6.66. The van der Waals surface area contributed by atoms with Gasteiger partial charge in [-0.3, -0.25) is 19.9 Å². The van der Waals surface area contributed by atoms with Crippen molar-refractivity contribution in [3.63, 3.8) is 0 Å². The molecule has 0 radical (unpaired) electrons. The predicted octanol–water partition coefficient (Wildman–Crippen LogP) is 6.59. The Balaban J connectivity index is 1.07. The number of aliphatic imine (C=N–C) groups is 1. The lowest BCUT2D eigenvalue weighted by atomic mass is 10.1. The van der Waals surface area contributed by atoms with E-state index in [9.17, 15) is 9.59 Å². The van der Waals surface area contributed by atoms with Crippen LogP contribution in [0.3, 0.4) is 0 Å². The Labute approximate surface area is 241 Å². The molecule has 1 aliphatic rings. The van der Waals surface area contributed by atoms with Gasteiger partial charge in [-0.05, 0) is 66.1 Å². The standard InChI is InChI=1S/C32H26N4O4S/c1-36-28-18-26(40-25-13-9-23(10-14-25)33-19-22-5-3-2-4-6-22)15-16-27(28)34-30(36)20-39-24-11-7-21(8-12-24)17-29-31(37)35-32(38)41-29/h2-16,18-19,29H,17,20H2,1H3,(H,35,37,38). The number of carbonyl (C=O) groups excluding carboxylic acids is 2. The summed E-state index contributed by atoms with van der Waals surface area (Å²) in [6.45, 7) is 0.293. The van der Waals surface area contributed by atoms with E-state index in [0.717, 1.165) is 51.2 Å². The molecule has 0 spiro atoms. The maximum absolute atomic E-state index is 11.8. The molecule has 5 aromatic rings. The fourth-order valence-corrected chi connectivity index (χ4v) is 5.31. The minimum atomic E-state index is -0.387. The van der Waals surface area contributed by atoms with E-state index in [0.29, 0.717) is 24.5 Å². The van der Waals surface area contributed by atoms with Crippen molar-refractivity contribution in [2.75, 3.05) is 0 Å². The molecule has 1 aliphatic heterocycles. The lowest BCUT2D eigenvalue weighted by Gasteiger charge is -2.09. The molecule has 1 atom stereocenters. The number of thioether (sulfide) groups is 1. The summed E-state index contributed by atoms with van der Waals surface area (Å²) < 4.78 is 14.1. The molecule has 1 aromatic heterocycles. The maximum Gasteiger partial charge on any atom is 0.286 e. The Morgan fingerprint density at radius 2 is 1.66 bits per heavy atom. The van der Waals surface area contributed by atoms with Gasteiger partial charge in [-0.25, -0.2) is 4.98 Å². The SMILES string of the molecule is Cn1c(COc2ccc(CC3SC(=O)NC3=O)cc2)nc2ccc(Oc3ccc(N=Cc4ccccc4)cc3)cc21. The average Bonchev–Trinajstić information content (AvgIpc) is 3.48. The molecular weight excluding hydrogens is 536 g/mol. The van der Waals surface area contributed by atoms with Gasteiger partial charge in [0.2, 0.25) is 5.91 Å². The topological polar surface area (TPSA) is 94.8 Å². The number of carbonyl (C=O) groups is 2. The number of benzene rings is 4. The second-order valence-corrected chi connectivity index (χ2v) is 10.7. The number of nitrogens with zero attached hydrogens (tertiary/aromatic N) is 3. The molecule has 1 unspecified atom stereocenters. The highest BCUT2D eigenvalue weighted by Crippen LogP contribution is 2.28. The zero-order valence-electron chi connectivity index (χ0n) is 22.2. The second kappa shape index (κ2) is 11.7. The molecule has 1 saturated heterocycles. The first-order chi connectivity index (χ1) is 20.0. The predicted molar refractivity (Wildman–Crippen MR) is 160 cm³/mol. The van der Waals surface area contributed by atoms with E-state index in [1.165, 1.54) is 0 Å². The molecule has 8 nitrogen and oxygen atoms in total. The average molecular weight is 563 g/mol. The fourth-order valence-electron chi connectivity index (χ4n) is 4.45. The Kier molecular flexibility index (Phi) is 7.51. The van der Waals surface area contributed by atoms with Crippen LogP contribution in [0.25, 0.3) is 11.0 Å². The first-order valence-corrected chi connectivity index (χ1v) is 13.9. The van der Waals surface area contributed by atoms with Gasteiger partial charge in [-0.1, -0.05) is 54.2 Å². The zero-order valence-corrected chi connectivity index (χ0v) is 23.0. The highest BCUT2D eigenvalue weighted by atomic mass is 32.2. The third-order valence-corrected chi connectivity index (χ3v) is 7.64. The number of aromatic nitrogens is 2. The van der Waals surface area contributed by atoms with Crippen molar-refractivity contribution in [1.82, 2.24) is 14.9 Å². The maximum atomic E-state index is 11.8. The number of nitrogens with one attached hydrogen (secondary N) is 1. The van der Waals surface area contributed by atoms with Crippen molar-refractivity contribution >= 4 is 45.8 Å². The van der Waals surface area contributed by atoms with Gasteiger partial charge in [0.25, 0.3) is 5.24 Å². The van der Waals surface area contributed by atoms with Crippen LogP contribution in [0, 0.1) is 0 Å². The molecule has 0 aliphatic carbocycles. The van der Waals surface area contributed by atoms with Crippen LogP contribution in [0.4, 0.5) is 10.5 Å². The Hall–Kier alpha value is -4.89. The quantitative estimate of drug-likeness (QED) is 0.204. The van der Waals surface area contributed by atoms with E-state index in [1.807, 2.05) is 115 Å². The van der Waals surface area contributed by atoms with Gasteiger partial charge in [0.05, 0.1) is 22.0 Å². The first-order valence-electron chi connectivity index (χ1n) is 13.1. The van der Waals surface area contributed by atoms with E-state index in [1.54, 1.807) is 0 Å². The fraction of sp³-hybridized carbons (Fsp3) is 0.125. The van der Waals surface area contributed by atoms with Gasteiger partial charge < -0.3 is 14.0 Å². The number of amides is 2. The molecule has 0 saturated carbocycles. The van der Waals surface area contributed by atoms with Gasteiger partial charge in [0, 0.05) is 19.3 Å². The largest absolute Gasteiger partial charge is 0.486 e. The molecule has 204 valence electrons. The van der Waals surface area contributed by atoms with Gasteiger partial charge in [0.1, 0.15) is 29.7 Å². The highest BCUT2D eigenvalue weighted by molar-refractivity contribution is 8.15. The molecule has 2 heterocycles. The molecule has 0 bridgehead atoms. The Morgan fingerprint density at radius 1 is 0.927 bits per heavy atom. The number of ether oxygens (including phenoxy) is 2. The van der Waals surface area contributed by atoms with Crippen LogP contribution in [0.1, 0.15) is 17.0 Å². The van der Waals surface area contributed by atoms with E-state index in [-0.39, 0.29) is 16.4 Å². The lowest BCUT2D eigenvalue weighted by molar-refractivity contribution is -0.118. The Bertz CT molecular complexity index is 1730. The summed E-state index contributed by atoms with van der Waals surface area (Å²) in [6.07, 6.45) is 2.33. The minimum absolute atomic E-state index is 0.238. The number of rotatable bonds is 9. The van der Waals surface area contributed by atoms with Crippen molar-refractivity contribution in [2.24, 2.45) is 12.0 Å². The van der Waals surface area contributed by atoms with Crippen LogP contribution in [-0.2, 0) is 24.9 Å². The van der Waals surface area contributed by atoms with E-state index in [2.05, 4.69) is 10.3 Å². The number of imide groups is 1. The van der Waals surface area contributed by atoms with Crippen molar-refractivity contribution in [2.45, 2.75) is 18.3 Å². The van der Waals surface area contributed by atoms with Gasteiger partial charge in [-0.2, -0.15) is 0 Å². The van der Waals surface area contributed by atoms with Crippen LogP contribution in [-0.4, -0.2) is 32.2 Å². The smallest absolute Gasteiger partial charge is 0.286 e. The van der Waals surface area contributed by atoms with Crippen molar-refractivity contribution in [3.8, 4) is 17.2 Å². The van der Waals surface area contributed by atoms with Gasteiger partial charge in [0.15, 0.2) is 0 Å². The minimum Gasteiger partial charge on any atom is -0.486 e. The van der Waals surface area contributed by atoms with E-state index in [4.69, 9.17) is 14.5 Å². The number of hydrogen-bond donors (Lipinski definition) is 1. The molecule has 1 N–H and O–H groups in total. The van der Waals surface area contributed by atoms with E-state index < -0.39 is 0 Å². The first kappa shape index (κ1) is 26.3. The summed E-state index contributed by atoms with van der Waals surface area (Å²) >= 11 is 1.03. The number of imidazole rings is 1. The number of fused-ring (bicyclic) bond motifs is 1. The number of hydrogen-bond acceptors (Lipinski definition) is 7. The Morgan fingerprint density at radius 3 is 2.39 bits per heavy atom. The molecule has 2 amide bonds. The van der Waals surface area contributed by atoms with Gasteiger partial charge in [-0.15, -0.1) is 0 Å². The van der Waals surface area contributed by atoms with Crippen LogP contribution in [0.2, 0.25) is 0 Å². The van der Waals surface area contributed by atoms with Crippen LogP contribution in [0.15, 0.2) is 102 Å². The van der Waals surface area contributed by atoms with E-state index >= 15 is 0 Å². The highest BCUT2D eigenvalue weighted by Gasteiger charge is 2.31. The molecule has 1 fully saturated rings. The third kappa shape index (κ3) is 6.31. The van der Waals surface area contributed by atoms with Crippen molar-refractivity contribution in [3.05, 3.63) is 114 Å². The monoisotopic (exact) mass is 562 g/mol. The summed E-state index contributed by atoms with van der Waals surface area (Å²) in [7, 11) is 1.95. The summed E-state index contributed by atoms with van der Waals surface area (Å²) in [5, 5.41) is 1.64. The lowest BCUT2D eigenvalue weighted by Crippen LogP contribution is -2.25. The van der Waals surface area contributed by atoms with Gasteiger partial charge >= 0.3 is 0 Å². The molecular formula is C32H26N4O4S. The van der Waals surface area contributed by atoms with Crippen LogP contribution in [0.5, 0.6) is 17.2 Å². The number of aryl methyl sites for hydroxylation is 1. The summed E-state index contributed by atoms with van der Waals surface area (Å²) in [5.74, 6) is 2.66. The van der Waals surface area contributed by atoms with Crippen LogP contribution >= 0.6 is 11.8 Å². The molecule has 6 rings (SSSR count).